The first-order valence-electron chi connectivity index (χ1n) is 7.00. The van der Waals surface area contributed by atoms with Crippen LogP contribution in [0.3, 0.4) is 0 Å². The lowest BCUT2D eigenvalue weighted by molar-refractivity contribution is 0.587. The number of nitrogen functional groups attached to an aromatic ring is 1. The van der Waals surface area contributed by atoms with Crippen LogP contribution < -0.4 is 11.1 Å². The number of nitrogens with two attached hydrogens (primary N) is 1. The van der Waals surface area contributed by atoms with Crippen LogP contribution in [0, 0.1) is 0 Å². The molecule has 0 fully saturated rings. The van der Waals surface area contributed by atoms with E-state index >= 15 is 0 Å². The van der Waals surface area contributed by atoms with Gasteiger partial charge in [0.05, 0.1) is 0 Å². The smallest absolute Gasteiger partial charge is 0.0374 e. The van der Waals surface area contributed by atoms with E-state index in [-0.39, 0.29) is 0 Å². The Kier molecular flexibility index (Phi) is 3.41. The van der Waals surface area contributed by atoms with E-state index in [4.69, 9.17) is 5.73 Å². The molecule has 19 heavy (non-hydrogen) atoms. The molecule has 1 atom stereocenters. The number of fused-ring (bicyclic) bond motifs is 1. The zero-order chi connectivity index (χ0) is 13.1. The van der Waals surface area contributed by atoms with Gasteiger partial charge in [-0.05, 0) is 55.0 Å². The van der Waals surface area contributed by atoms with Crippen molar-refractivity contribution in [3.05, 3.63) is 59.7 Å². The number of hydrogen-bond donors (Lipinski definition) is 2. The molecule has 1 aliphatic heterocycles. The molecule has 2 nitrogen and oxygen atoms in total. The summed E-state index contributed by atoms with van der Waals surface area (Å²) < 4.78 is 0. The van der Waals surface area contributed by atoms with Gasteiger partial charge < -0.3 is 11.1 Å². The molecular weight excluding hydrogens is 232 g/mol. The van der Waals surface area contributed by atoms with Gasteiger partial charge in [-0.15, -0.1) is 0 Å². The average Bonchev–Trinajstić information content (AvgIpc) is 2.45. The summed E-state index contributed by atoms with van der Waals surface area (Å²) in [6, 6.07) is 17.4. The highest BCUT2D eigenvalue weighted by molar-refractivity contribution is 5.53. The minimum Gasteiger partial charge on any atom is -0.399 e. The van der Waals surface area contributed by atoms with Crippen LogP contribution in [0.5, 0.6) is 0 Å². The fourth-order valence-corrected chi connectivity index (χ4v) is 2.81. The molecule has 0 spiro atoms. The van der Waals surface area contributed by atoms with Crippen LogP contribution >= 0.6 is 0 Å². The average molecular weight is 252 g/mol. The van der Waals surface area contributed by atoms with E-state index in [9.17, 15) is 0 Å². The Morgan fingerprint density at radius 2 is 2.00 bits per heavy atom. The van der Waals surface area contributed by atoms with E-state index in [2.05, 4.69) is 41.7 Å². The van der Waals surface area contributed by atoms with Crippen molar-refractivity contribution in [2.45, 2.75) is 31.7 Å². The number of rotatable bonds is 3. The fraction of sp³-hybridized carbons (Fsp3) is 0.294. The molecular formula is C17H20N2. The Balaban J connectivity index is 1.61. The van der Waals surface area contributed by atoms with Crippen molar-refractivity contribution in [3.8, 4) is 0 Å². The minimum atomic E-state index is 0.580. The Morgan fingerprint density at radius 3 is 2.89 bits per heavy atom. The quantitative estimate of drug-likeness (QED) is 0.819. The van der Waals surface area contributed by atoms with Gasteiger partial charge in [0.2, 0.25) is 0 Å². The van der Waals surface area contributed by atoms with Crippen LogP contribution in [-0.2, 0) is 12.8 Å². The third-order valence-electron chi connectivity index (χ3n) is 3.87. The first-order chi connectivity index (χ1) is 9.31. The van der Waals surface area contributed by atoms with Crippen molar-refractivity contribution in [2.75, 3.05) is 11.1 Å². The Hall–Kier alpha value is -1.96. The molecule has 2 aromatic rings. The van der Waals surface area contributed by atoms with Crippen LogP contribution in [-0.4, -0.2) is 6.04 Å². The van der Waals surface area contributed by atoms with Crippen molar-refractivity contribution >= 4 is 11.4 Å². The molecule has 3 N–H and O–H groups in total. The third-order valence-corrected chi connectivity index (χ3v) is 3.87. The maximum Gasteiger partial charge on any atom is 0.0374 e. The molecule has 98 valence electrons. The van der Waals surface area contributed by atoms with Gasteiger partial charge in [-0.3, -0.25) is 0 Å². The predicted molar refractivity (Wildman–Crippen MR) is 81.3 cm³/mol. The zero-order valence-corrected chi connectivity index (χ0v) is 11.1. The maximum absolute atomic E-state index is 5.81. The van der Waals surface area contributed by atoms with Crippen LogP contribution in [0.4, 0.5) is 11.4 Å². The second kappa shape index (κ2) is 5.35. The summed E-state index contributed by atoms with van der Waals surface area (Å²) in [4.78, 5) is 0. The second-order valence-electron chi connectivity index (χ2n) is 5.32. The van der Waals surface area contributed by atoms with E-state index in [0.29, 0.717) is 6.04 Å². The first-order valence-corrected chi connectivity index (χ1v) is 7.00. The molecule has 0 radical (unpaired) electrons. The predicted octanol–water partition coefficient (Wildman–Crippen LogP) is 3.63. The molecule has 0 bridgehead atoms. The molecule has 2 heteroatoms. The van der Waals surface area contributed by atoms with E-state index in [0.717, 1.165) is 18.5 Å². The van der Waals surface area contributed by atoms with Crippen LogP contribution in [0.1, 0.15) is 24.0 Å². The van der Waals surface area contributed by atoms with E-state index in [1.807, 2.05) is 12.1 Å². The van der Waals surface area contributed by atoms with Gasteiger partial charge in [0, 0.05) is 17.4 Å². The van der Waals surface area contributed by atoms with Gasteiger partial charge in [-0.2, -0.15) is 0 Å². The Bertz CT molecular complexity index is 563. The lowest BCUT2D eigenvalue weighted by Crippen LogP contribution is -2.25. The first kappa shape index (κ1) is 12.1. The standard InChI is InChI=1S/C17H20N2/c18-15-6-3-4-13(12-15)8-10-16-11-9-14-5-1-2-7-17(14)19-16/h1-7,12,16,19H,8-11,18H2. The lowest BCUT2D eigenvalue weighted by Gasteiger charge is -2.27. The minimum absolute atomic E-state index is 0.580. The van der Waals surface area contributed by atoms with Gasteiger partial charge in [0.1, 0.15) is 0 Å². The molecule has 0 saturated carbocycles. The maximum atomic E-state index is 5.81. The molecule has 1 unspecified atom stereocenters. The molecule has 3 rings (SSSR count). The van der Waals surface area contributed by atoms with Gasteiger partial charge in [-0.25, -0.2) is 0 Å². The van der Waals surface area contributed by atoms with E-state index in [1.54, 1.807) is 0 Å². The summed E-state index contributed by atoms with van der Waals surface area (Å²) in [6.45, 7) is 0. The SMILES string of the molecule is Nc1cccc(CCC2CCc3ccccc3N2)c1. The Labute approximate surface area is 114 Å². The lowest BCUT2D eigenvalue weighted by atomic mass is 9.94. The number of anilines is 2. The summed E-state index contributed by atoms with van der Waals surface area (Å²) in [5, 5.41) is 3.65. The van der Waals surface area contributed by atoms with Gasteiger partial charge >= 0.3 is 0 Å². The summed E-state index contributed by atoms with van der Waals surface area (Å²) in [7, 11) is 0. The van der Waals surface area contributed by atoms with Crippen molar-refractivity contribution in [3.63, 3.8) is 0 Å². The van der Waals surface area contributed by atoms with Gasteiger partial charge in [0.25, 0.3) is 0 Å². The van der Waals surface area contributed by atoms with Crippen molar-refractivity contribution in [2.24, 2.45) is 0 Å². The number of hydrogen-bond acceptors (Lipinski definition) is 2. The van der Waals surface area contributed by atoms with Crippen molar-refractivity contribution in [1.29, 1.82) is 0 Å². The van der Waals surface area contributed by atoms with Gasteiger partial charge in [-0.1, -0.05) is 30.3 Å². The van der Waals surface area contributed by atoms with E-state index < -0.39 is 0 Å². The number of benzene rings is 2. The number of para-hydroxylation sites is 1. The Morgan fingerprint density at radius 1 is 1.11 bits per heavy atom. The number of aryl methyl sites for hydroxylation is 2. The summed E-state index contributed by atoms with van der Waals surface area (Å²) in [5.41, 5.74) is 10.8. The molecule has 1 heterocycles. The third kappa shape index (κ3) is 2.90. The van der Waals surface area contributed by atoms with Crippen molar-refractivity contribution in [1.82, 2.24) is 0 Å². The van der Waals surface area contributed by atoms with Crippen LogP contribution in [0.2, 0.25) is 0 Å². The normalized spacial score (nSPS) is 17.6. The van der Waals surface area contributed by atoms with Crippen LogP contribution in [0.25, 0.3) is 0 Å². The molecule has 0 amide bonds. The molecule has 0 aromatic heterocycles. The molecule has 0 saturated heterocycles. The topological polar surface area (TPSA) is 38.0 Å². The van der Waals surface area contributed by atoms with Gasteiger partial charge in [0.15, 0.2) is 0 Å². The highest BCUT2D eigenvalue weighted by atomic mass is 14.9. The highest BCUT2D eigenvalue weighted by Gasteiger charge is 2.16. The van der Waals surface area contributed by atoms with E-state index in [1.165, 1.54) is 29.7 Å². The number of nitrogens with one attached hydrogen (secondary N) is 1. The fourth-order valence-electron chi connectivity index (χ4n) is 2.81. The monoisotopic (exact) mass is 252 g/mol. The zero-order valence-electron chi connectivity index (χ0n) is 11.1. The summed E-state index contributed by atoms with van der Waals surface area (Å²) >= 11 is 0. The molecule has 1 aliphatic rings. The molecule has 0 aliphatic carbocycles. The van der Waals surface area contributed by atoms with Crippen molar-refractivity contribution < 1.29 is 0 Å². The summed E-state index contributed by atoms with van der Waals surface area (Å²) in [5.74, 6) is 0. The summed E-state index contributed by atoms with van der Waals surface area (Å²) in [6.07, 6.45) is 4.66. The van der Waals surface area contributed by atoms with Crippen LogP contribution in [0.15, 0.2) is 48.5 Å². The largest absolute Gasteiger partial charge is 0.399 e. The highest BCUT2D eigenvalue weighted by Crippen LogP contribution is 2.26. The second-order valence-corrected chi connectivity index (χ2v) is 5.32. The molecule has 2 aromatic carbocycles.